The molecule has 3 atom stereocenters. The lowest BCUT2D eigenvalue weighted by molar-refractivity contribution is 0.0999. The fourth-order valence-corrected chi connectivity index (χ4v) is 5.34. The maximum atomic E-state index is 11.6. The third kappa shape index (κ3) is 3.77. The molecule has 2 saturated heterocycles. The second kappa shape index (κ2) is 8.07. The second-order valence-corrected chi connectivity index (χ2v) is 8.71. The zero-order valence-corrected chi connectivity index (χ0v) is 17.2. The lowest BCUT2D eigenvalue weighted by Gasteiger charge is -2.39. The largest absolute Gasteiger partial charge is 0.366 e. The van der Waals surface area contributed by atoms with Gasteiger partial charge in [-0.25, -0.2) is 4.98 Å². The van der Waals surface area contributed by atoms with Crippen molar-refractivity contribution >= 4 is 5.91 Å². The van der Waals surface area contributed by atoms with Crippen molar-refractivity contribution in [2.45, 2.75) is 56.8 Å². The summed E-state index contributed by atoms with van der Waals surface area (Å²) in [6.45, 7) is 1.82. The quantitative estimate of drug-likeness (QED) is 0.682. The molecule has 0 radical (unpaired) electrons. The number of benzene rings is 2. The first-order chi connectivity index (χ1) is 14.7. The fourth-order valence-electron chi connectivity index (χ4n) is 5.34. The number of rotatable bonds is 6. The van der Waals surface area contributed by atoms with Crippen molar-refractivity contribution in [2.24, 2.45) is 5.73 Å². The maximum absolute atomic E-state index is 11.6. The molecule has 30 heavy (non-hydrogen) atoms. The van der Waals surface area contributed by atoms with E-state index in [0.29, 0.717) is 23.6 Å². The van der Waals surface area contributed by atoms with Gasteiger partial charge < -0.3 is 10.3 Å². The first kappa shape index (κ1) is 19.1. The molecule has 2 aliphatic heterocycles. The van der Waals surface area contributed by atoms with E-state index >= 15 is 0 Å². The van der Waals surface area contributed by atoms with Crippen LogP contribution in [0.25, 0.3) is 0 Å². The van der Waals surface area contributed by atoms with Crippen molar-refractivity contribution in [1.82, 2.24) is 14.5 Å². The van der Waals surface area contributed by atoms with E-state index in [1.165, 1.54) is 29.7 Å². The molecule has 5 rings (SSSR count). The summed E-state index contributed by atoms with van der Waals surface area (Å²) < 4.78 is 2.27. The van der Waals surface area contributed by atoms with Crippen molar-refractivity contribution in [2.75, 3.05) is 0 Å². The molecule has 0 spiro atoms. The molecule has 3 heterocycles. The minimum Gasteiger partial charge on any atom is -0.366 e. The zero-order valence-electron chi connectivity index (χ0n) is 17.2. The number of hydrogen-bond donors (Lipinski definition) is 1. The Morgan fingerprint density at radius 3 is 2.50 bits per heavy atom. The molecule has 3 aromatic rings. The SMILES string of the molecule is NC(=O)c1cccc(C2C[C@H]3CC[C@@H](C2)N3Cc2cncn2Cc2ccccc2)c1. The van der Waals surface area contributed by atoms with Crippen LogP contribution in [0.5, 0.6) is 0 Å². The van der Waals surface area contributed by atoms with Crippen LogP contribution < -0.4 is 5.73 Å². The van der Waals surface area contributed by atoms with Gasteiger partial charge in [0.1, 0.15) is 0 Å². The van der Waals surface area contributed by atoms with E-state index < -0.39 is 0 Å². The molecule has 2 bridgehead atoms. The Morgan fingerprint density at radius 2 is 1.77 bits per heavy atom. The van der Waals surface area contributed by atoms with Crippen LogP contribution in [0.1, 0.15) is 58.8 Å². The highest BCUT2D eigenvalue weighted by molar-refractivity contribution is 5.92. The number of aromatic nitrogens is 2. The number of hydrogen-bond acceptors (Lipinski definition) is 3. The second-order valence-electron chi connectivity index (χ2n) is 8.71. The van der Waals surface area contributed by atoms with E-state index in [-0.39, 0.29) is 5.91 Å². The molecule has 0 aliphatic carbocycles. The standard InChI is InChI=1S/C25H28N4O/c26-25(30)20-8-4-7-19(11-20)21-12-22-9-10-23(13-21)29(22)16-24-14-27-17-28(24)15-18-5-2-1-3-6-18/h1-8,11,14,17,21-23H,9-10,12-13,15-16H2,(H2,26,30)/t21?,22-,23+. The average molecular weight is 401 g/mol. The van der Waals surface area contributed by atoms with Crippen molar-refractivity contribution in [3.8, 4) is 0 Å². The van der Waals surface area contributed by atoms with Crippen LogP contribution in [0.4, 0.5) is 0 Å². The minimum absolute atomic E-state index is 0.344. The molecule has 2 N–H and O–H groups in total. The number of carbonyl (C=O) groups excluding carboxylic acids is 1. The Balaban J connectivity index is 1.29. The number of nitrogens with two attached hydrogens (primary N) is 1. The van der Waals surface area contributed by atoms with Crippen LogP contribution in [0, 0.1) is 0 Å². The number of primary amides is 1. The van der Waals surface area contributed by atoms with E-state index in [1.54, 1.807) is 0 Å². The van der Waals surface area contributed by atoms with Gasteiger partial charge in [0.25, 0.3) is 0 Å². The molecular weight excluding hydrogens is 372 g/mol. The van der Waals surface area contributed by atoms with Gasteiger partial charge in [0, 0.05) is 36.9 Å². The molecule has 5 heteroatoms. The molecule has 1 unspecified atom stereocenters. The Bertz CT molecular complexity index is 1010. The molecular formula is C25H28N4O. The number of piperidine rings is 1. The predicted molar refractivity (Wildman–Crippen MR) is 117 cm³/mol. The molecule has 1 amide bonds. The van der Waals surface area contributed by atoms with Gasteiger partial charge in [-0.2, -0.15) is 0 Å². The zero-order chi connectivity index (χ0) is 20.5. The summed E-state index contributed by atoms with van der Waals surface area (Å²) in [6.07, 6.45) is 8.77. The Labute approximate surface area is 177 Å². The first-order valence-electron chi connectivity index (χ1n) is 10.9. The topological polar surface area (TPSA) is 64.2 Å². The number of fused-ring (bicyclic) bond motifs is 2. The monoisotopic (exact) mass is 400 g/mol. The minimum atomic E-state index is -0.344. The van der Waals surface area contributed by atoms with Gasteiger partial charge >= 0.3 is 0 Å². The molecule has 1 aromatic heterocycles. The molecule has 5 nitrogen and oxygen atoms in total. The van der Waals surface area contributed by atoms with Crippen LogP contribution in [-0.4, -0.2) is 32.4 Å². The number of carbonyl (C=O) groups is 1. The van der Waals surface area contributed by atoms with Crippen LogP contribution in [0.3, 0.4) is 0 Å². The fraction of sp³-hybridized carbons (Fsp3) is 0.360. The van der Waals surface area contributed by atoms with Gasteiger partial charge in [0.05, 0.1) is 12.0 Å². The van der Waals surface area contributed by atoms with E-state index in [1.807, 2.05) is 30.7 Å². The lowest BCUT2D eigenvalue weighted by Crippen LogP contribution is -2.42. The molecule has 2 aromatic carbocycles. The first-order valence-corrected chi connectivity index (χ1v) is 10.9. The lowest BCUT2D eigenvalue weighted by atomic mass is 9.84. The van der Waals surface area contributed by atoms with E-state index in [4.69, 9.17) is 5.73 Å². The third-order valence-electron chi connectivity index (χ3n) is 6.87. The number of imidazole rings is 1. The van der Waals surface area contributed by atoms with E-state index in [0.717, 1.165) is 25.9 Å². The van der Waals surface area contributed by atoms with Crippen molar-refractivity contribution in [3.05, 3.63) is 89.5 Å². The smallest absolute Gasteiger partial charge is 0.248 e. The molecule has 0 saturated carbocycles. The predicted octanol–water partition coefficient (Wildman–Crippen LogP) is 3.94. The summed E-state index contributed by atoms with van der Waals surface area (Å²) >= 11 is 0. The Hall–Kier alpha value is -2.92. The van der Waals surface area contributed by atoms with Gasteiger partial charge in [-0.05, 0) is 54.9 Å². The number of nitrogens with zero attached hydrogens (tertiary/aromatic N) is 3. The summed E-state index contributed by atoms with van der Waals surface area (Å²) in [4.78, 5) is 18.7. The average Bonchev–Trinajstić information content (AvgIpc) is 3.28. The Kier molecular flexibility index (Phi) is 5.13. The third-order valence-corrected chi connectivity index (χ3v) is 6.87. The molecule has 154 valence electrons. The van der Waals surface area contributed by atoms with Gasteiger partial charge in [0.15, 0.2) is 0 Å². The van der Waals surface area contributed by atoms with Gasteiger partial charge in [0.2, 0.25) is 5.91 Å². The summed E-state index contributed by atoms with van der Waals surface area (Å²) in [6, 6.07) is 19.7. The van der Waals surface area contributed by atoms with Gasteiger partial charge in [-0.1, -0.05) is 42.5 Å². The highest BCUT2D eigenvalue weighted by Crippen LogP contribution is 2.43. The summed E-state index contributed by atoms with van der Waals surface area (Å²) in [5.74, 6) is 0.163. The Morgan fingerprint density at radius 1 is 1.00 bits per heavy atom. The highest BCUT2D eigenvalue weighted by Gasteiger charge is 2.41. The summed E-state index contributed by atoms with van der Waals surface area (Å²) in [5.41, 5.74) is 9.95. The summed E-state index contributed by atoms with van der Waals surface area (Å²) in [5, 5.41) is 0. The molecule has 2 aliphatic rings. The normalized spacial score (nSPS) is 23.5. The highest BCUT2D eigenvalue weighted by atomic mass is 16.1. The van der Waals surface area contributed by atoms with Gasteiger partial charge in [-0.15, -0.1) is 0 Å². The van der Waals surface area contributed by atoms with Crippen LogP contribution in [0.15, 0.2) is 67.1 Å². The molecule has 2 fully saturated rings. The van der Waals surface area contributed by atoms with Crippen molar-refractivity contribution < 1.29 is 4.79 Å². The van der Waals surface area contributed by atoms with E-state index in [2.05, 4.69) is 50.8 Å². The summed E-state index contributed by atoms with van der Waals surface area (Å²) in [7, 11) is 0. The maximum Gasteiger partial charge on any atom is 0.248 e. The van der Waals surface area contributed by atoms with E-state index in [9.17, 15) is 4.79 Å². The van der Waals surface area contributed by atoms with Crippen molar-refractivity contribution in [3.63, 3.8) is 0 Å². The van der Waals surface area contributed by atoms with Crippen molar-refractivity contribution in [1.29, 1.82) is 0 Å². The van der Waals surface area contributed by atoms with Crippen LogP contribution >= 0.6 is 0 Å². The van der Waals surface area contributed by atoms with Crippen LogP contribution in [-0.2, 0) is 13.1 Å². The van der Waals surface area contributed by atoms with Gasteiger partial charge in [-0.3, -0.25) is 9.69 Å². The number of amides is 1. The van der Waals surface area contributed by atoms with Crippen LogP contribution in [0.2, 0.25) is 0 Å².